The van der Waals surface area contributed by atoms with Crippen LogP contribution in [0.3, 0.4) is 0 Å². The van der Waals surface area contributed by atoms with Crippen LogP contribution in [0.1, 0.15) is 51.9 Å². The molecular formula is C9H22O7P2. The van der Waals surface area contributed by atoms with Crippen LogP contribution in [0.15, 0.2) is 0 Å². The molecule has 0 aromatic heterocycles. The maximum absolute atomic E-state index is 11.0. The molecular weight excluding hydrogens is 282 g/mol. The smallest absolute Gasteiger partial charge is 0.368 e. The van der Waals surface area contributed by atoms with Crippen LogP contribution in [0.4, 0.5) is 0 Å². The van der Waals surface area contributed by atoms with Gasteiger partial charge in [0.1, 0.15) is 0 Å². The van der Waals surface area contributed by atoms with Crippen molar-refractivity contribution in [2.75, 3.05) is 0 Å². The van der Waals surface area contributed by atoms with Gasteiger partial charge in [0.2, 0.25) is 0 Å². The lowest BCUT2D eigenvalue weighted by molar-refractivity contribution is 0.120. The molecule has 0 aliphatic heterocycles. The van der Waals surface area contributed by atoms with Crippen LogP contribution >= 0.6 is 15.2 Å². The molecule has 0 saturated heterocycles. The SMILES string of the molecule is CCCCCCCCC(O)(P(=O)(O)O)P(=O)(O)O. The summed E-state index contributed by atoms with van der Waals surface area (Å²) in [5.74, 6) is 0. The summed E-state index contributed by atoms with van der Waals surface area (Å²) in [6.45, 7) is 2.04. The molecule has 0 spiro atoms. The van der Waals surface area contributed by atoms with Crippen molar-refractivity contribution in [3.8, 4) is 0 Å². The van der Waals surface area contributed by atoms with E-state index in [2.05, 4.69) is 0 Å². The van der Waals surface area contributed by atoms with E-state index >= 15 is 0 Å². The molecule has 0 bridgehead atoms. The molecule has 9 heteroatoms. The predicted octanol–water partition coefficient (Wildman–Crippen LogP) is 1.74. The second kappa shape index (κ2) is 7.15. The highest BCUT2D eigenvalue weighted by Gasteiger charge is 2.58. The minimum atomic E-state index is -5.28. The molecule has 0 aromatic carbocycles. The van der Waals surface area contributed by atoms with Crippen molar-refractivity contribution in [2.45, 2.75) is 57.0 Å². The summed E-state index contributed by atoms with van der Waals surface area (Å²) in [7, 11) is -10.6. The zero-order valence-corrected chi connectivity index (χ0v) is 12.2. The van der Waals surface area contributed by atoms with Gasteiger partial charge >= 0.3 is 15.2 Å². The van der Waals surface area contributed by atoms with Gasteiger partial charge in [-0.2, -0.15) is 0 Å². The van der Waals surface area contributed by atoms with Gasteiger partial charge in [0.15, 0.2) is 0 Å². The number of hydrogen-bond donors (Lipinski definition) is 5. The van der Waals surface area contributed by atoms with Crippen molar-refractivity contribution in [3.63, 3.8) is 0 Å². The van der Waals surface area contributed by atoms with Crippen molar-refractivity contribution < 1.29 is 33.8 Å². The lowest BCUT2D eigenvalue weighted by Gasteiger charge is -2.29. The Kier molecular flexibility index (Phi) is 7.26. The fraction of sp³-hybridized carbons (Fsp3) is 1.00. The second-order valence-corrected chi connectivity index (χ2v) is 8.39. The van der Waals surface area contributed by atoms with E-state index in [1.54, 1.807) is 0 Å². The van der Waals surface area contributed by atoms with E-state index in [-0.39, 0.29) is 6.42 Å². The van der Waals surface area contributed by atoms with Crippen LogP contribution in [0.25, 0.3) is 0 Å². The molecule has 5 N–H and O–H groups in total. The largest absolute Gasteiger partial charge is 0.369 e. The van der Waals surface area contributed by atoms with E-state index < -0.39 is 26.7 Å². The molecule has 0 amide bonds. The minimum absolute atomic E-state index is 0.163. The summed E-state index contributed by atoms with van der Waals surface area (Å²) >= 11 is 0. The highest BCUT2D eigenvalue weighted by molar-refractivity contribution is 7.72. The molecule has 0 atom stereocenters. The summed E-state index contributed by atoms with van der Waals surface area (Å²) in [6.07, 6.45) is 4.00. The molecule has 0 aliphatic carbocycles. The summed E-state index contributed by atoms with van der Waals surface area (Å²) in [5.41, 5.74) is 0. The Hall–Kier alpha value is 0.260. The van der Waals surface area contributed by atoms with E-state index in [9.17, 15) is 14.2 Å². The fourth-order valence-corrected chi connectivity index (χ4v) is 3.86. The molecule has 0 rings (SSSR count). The maximum atomic E-state index is 11.0. The van der Waals surface area contributed by atoms with Gasteiger partial charge in [-0.25, -0.2) is 0 Å². The first-order valence-corrected chi connectivity index (χ1v) is 9.12. The molecule has 0 unspecified atom stereocenters. The third kappa shape index (κ3) is 5.10. The molecule has 0 radical (unpaired) electrons. The van der Waals surface area contributed by atoms with Gasteiger partial charge in [0.05, 0.1) is 0 Å². The lowest BCUT2D eigenvalue weighted by atomic mass is 10.1. The average Bonchev–Trinajstić information content (AvgIpc) is 2.19. The molecule has 0 saturated carbocycles. The zero-order valence-electron chi connectivity index (χ0n) is 10.4. The Morgan fingerprint density at radius 1 is 0.833 bits per heavy atom. The molecule has 0 aromatic rings. The first kappa shape index (κ1) is 18.3. The van der Waals surface area contributed by atoms with Gasteiger partial charge in [-0.05, 0) is 12.8 Å². The van der Waals surface area contributed by atoms with Crippen LogP contribution < -0.4 is 0 Å². The van der Waals surface area contributed by atoms with Gasteiger partial charge in [-0.3, -0.25) is 9.13 Å². The van der Waals surface area contributed by atoms with Crippen LogP contribution in [-0.4, -0.2) is 29.8 Å². The predicted molar refractivity (Wildman–Crippen MR) is 67.0 cm³/mol. The third-order valence-electron chi connectivity index (χ3n) is 2.80. The lowest BCUT2D eigenvalue weighted by Crippen LogP contribution is -2.28. The number of unbranched alkanes of at least 4 members (excludes halogenated alkanes) is 5. The first-order chi connectivity index (χ1) is 8.06. The van der Waals surface area contributed by atoms with E-state index in [0.29, 0.717) is 6.42 Å². The average molecular weight is 304 g/mol. The summed E-state index contributed by atoms with van der Waals surface area (Å²) in [6, 6.07) is 0. The van der Waals surface area contributed by atoms with E-state index in [1.807, 2.05) is 6.92 Å². The third-order valence-corrected chi connectivity index (χ3v) is 6.68. The zero-order chi connectivity index (χ0) is 14.4. The van der Waals surface area contributed by atoms with E-state index in [4.69, 9.17) is 19.6 Å². The number of hydrogen-bond acceptors (Lipinski definition) is 3. The topological polar surface area (TPSA) is 135 Å². The molecule has 7 nitrogen and oxygen atoms in total. The van der Waals surface area contributed by atoms with E-state index in [1.165, 1.54) is 0 Å². The van der Waals surface area contributed by atoms with Crippen molar-refractivity contribution >= 4 is 15.2 Å². The van der Waals surface area contributed by atoms with Gasteiger partial charge < -0.3 is 24.7 Å². The summed E-state index contributed by atoms with van der Waals surface area (Å²) in [5, 5.41) is 6.32. The summed E-state index contributed by atoms with van der Waals surface area (Å²) in [4.78, 5) is 35.5. The van der Waals surface area contributed by atoms with Gasteiger partial charge in [-0.1, -0.05) is 39.0 Å². The highest BCUT2D eigenvalue weighted by Crippen LogP contribution is 2.69. The Morgan fingerprint density at radius 2 is 1.22 bits per heavy atom. The van der Waals surface area contributed by atoms with Gasteiger partial charge in [-0.15, -0.1) is 0 Å². The van der Waals surface area contributed by atoms with Crippen LogP contribution in [0, 0.1) is 0 Å². The first-order valence-electron chi connectivity index (χ1n) is 5.90. The standard InChI is InChI=1S/C9H22O7P2/c1-2-3-4-5-6-7-8-9(10,17(11,12)13)18(14,15)16/h10H,2-8H2,1H3,(H2,11,12,13)(H2,14,15,16). The normalized spacial score (nSPS) is 13.9. The quantitative estimate of drug-likeness (QED) is 0.323. The molecule has 0 heterocycles. The Balaban J connectivity index is 4.40. The summed E-state index contributed by atoms with van der Waals surface area (Å²) < 4.78 is 22.0. The van der Waals surface area contributed by atoms with Gasteiger partial charge in [0.25, 0.3) is 5.08 Å². The maximum Gasteiger partial charge on any atom is 0.369 e. The van der Waals surface area contributed by atoms with Crippen LogP contribution in [0.5, 0.6) is 0 Å². The Bertz CT molecular complexity index is 310. The highest BCUT2D eigenvalue weighted by atomic mass is 31.2. The second-order valence-electron chi connectivity index (χ2n) is 4.38. The molecule has 110 valence electrons. The van der Waals surface area contributed by atoms with Crippen molar-refractivity contribution in [2.24, 2.45) is 0 Å². The van der Waals surface area contributed by atoms with Crippen LogP contribution in [0.2, 0.25) is 0 Å². The molecule has 0 aliphatic rings. The Morgan fingerprint density at radius 3 is 1.61 bits per heavy atom. The Labute approximate surface area is 107 Å². The van der Waals surface area contributed by atoms with Crippen molar-refractivity contribution in [1.82, 2.24) is 0 Å². The minimum Gasteiger partial charge on any atom is -0.368 e. The number of aliphatic hydroxyl groups is 1. The van der Waals surface area contributed by atoms with Crippen molar-refractivity contribution in [1.29, 1.82) is 0 Å². The monoisotopic (exact) mass is 304 g/mol. The van der Waals surface area contributed by atoms with Gasteiger partial charge in [0, 0.05) is 0 Å². The van der Waals surface area contributed by atoms with Crippen molar-refractivity contribution in [3.05, 3.63) is 0 Å². The fourth-order valence-electron chi connectivity index (χ4n) is 1.60. The van der Waals surface area contributed by atoms with Crippen LogP contribution in [-0.2, 0) is 9.13 Å². The molecule has 0 fully saturated rings. The number of rotatable bonds is 9. The van der Waals surface area contributed by atoms with E-state index in [0.717, 1.165) is 25.7 Å². The molecule has 18 heavy (non-hydrogen) atoms.